The summed E-state index contributed by atoms with van der Waals surface area (Å²) in [6.45, 7) is 8.98. The zero-order chi connectivity index (χ0) is 19.4. The van der Waals surface area contributed by atoms with E-state index in [0.29, 0.717) is 23.4 Å². The Bertz CT molecular complexity index is 1120. The molecule has 2 aromatic carbocycles. The molecule has 1 heterocycles. The first-order valence-corrected chi connectivity index (χ1v) is 8.23. The van der Waals surface area contributed by atoms with E-state index >= 15 is 0 Å². The fourth-order valence-corrected chi connectivity index (χ4v) is 2.67. The summed E-state index contributed by atoms with van der Waals surface area (Å²) in [6, 6.07) is 13.3. The summed E-state index contributed by atoms with van der Waals surface area (Å²) in [6.07, 6.45) is 1.93. The van der Waals surface area contributed by atoms with Gasteiger partial charge in [-0.15, -0.1) is 0 Å². The van der Waals surface area contributed by atoms with E-state index in [9.17, 15) is 14.7 Å². The molecule has 0 aliphatic carbocycles. The van der Waals surface area contributed by atoms with Gasteiger partial charge in [-0.2, -0.15) is 0 Å². The van der Waals surface area contributed by atoms with E-state index in [1.807, 2.05) is 25.1 Å². The predicted octanol–water partition coefficient (Wildman–Crippen LogP) is 3.73. The van der Waals surface area contributed by atoms with E-state index in [2.05, 4.69) is 14.9 Å². The van der Waals surface area contributed by atoms with Crippen molar-refractivity contribution in [1.29, 1.82) is 0 Å². The first-order valence-electron chi connectivity index (χ1n) is 8.23. The molecular formula is C20H16N4O3. The van der Waals surface area contributed by atoms with E-state index in [-0.39, 0.29) is 22.5 Å². The molecule has 0 unspecified atom stereocenters. The summed E-state index contributed by atoms with van der Waals surface area (Å²) in [5.74, 6) is -1.15. The molecule has 0 bridgehead atoms. The van der Waals surface area contributed by atoms with E-state index < -0.39 is 5.97 Å². The van der Waals surface area contributed by atoms with Gasteiger partial charge in [0, 0.05) is 11.9 Å². The van der Waals surface area contributed by atoms with Crippen LogP contribution in [0.3, 0.4) is 0 Å². The molecule has 7 heteroatoms. The van der Waals surface area contributed by atoms with Gasteiger partial charge in [-0.3, -0.25) is 14.9 Å². The van der Waals surface area contributed by atoms with Crippen LogP contribution in [0, 0.1) is 6.57 Å². The van der Waals surface area contributed by atoms with Crippen molar-refractivity contribution in [2.24, 2.45) is 4.99 Å². The topological polar surface area (TPSA) is 91.8 Å². The lowest BCUT2D eigenvalue weighted by Gasteiger charge is -2.01. The predicted molar refractivity (Wildman–Crippen MR) is 103 cm³/mol. The van der Waals surface area contributed by atoms with Gasteiger partial charge in [-0.1, -0.05) is 37.3 Å². The van der Waals surface area contributed by atoms with Crippen molar-refractivity contribution in [3.63, 3.8) is 0 Å². The van der Waals surface area contributed by atoms with Crippen molar-refractivity contribution >= 4 is 23.6 Å². The van der Waals surface area contributed by atoms with E-state index in [0.717, 1.165) is 0 Å². The number of nitrogens with zero attached hydrogens (tertiary/aromatic N) is 3. The zero-order valence-corrected chi connectivity index (χ0v) is 14.5. The highest BCUT2D eigenvalue weighted by Crippen LogP contribution is 2.25. The number of aliphatic imine (C=N–C) groups is 1. The van der Waals surface area contributed by atoms with Crippen LogP contribution in [-0.4, -0.2) is 27.1 Å². The number of hydrogen-bond donors (Lipinski definition) is 2. The molecule has 2 N–H and O–H groups in total. The van der Waals surface area contributed by atoms with Gasteiger partial charge in [0.05, 0.1) is 29.1 Å². The molecule has 0 fully saturated rings. The SMILES string of the molecule is [C-]#[N+]c1ccc(C(=O)O)c(N=Cc2c(CC)[nH]n(-c3ccccc3)c2=O)c1. The smallest absolute Gasteiger partial charge is 0.337 e. The average Bonchev–Trinajstić information content (AvgIpc) is 3.02. The molecule has 0 atom stereocenters. The maximum atomic E-state index is 12.8. The fraction of sp³-hybridized carbons (Fsp3) is 0.100. The molecule has 0 saturated heterocycles. The molecule has 3 rings (SSSR count). The number of aryl methyl sites for hydroxylation is 1. The van der Waals surface area contributed by atoms with Crippen molar-refractivity contribution in [3.8, 4) is 5.69 Å². The number of rotatable bonds is 5. The Balaban J connectivity index is 2.09. The van der Waals surface area contributed by atoms with Crippen LogP contribution in [0.15, 0.2) is 58.3 Å². The molecule has 0 spiro atoms. The minimum absolute atomic E-state index is 0.0318. The van der Waals surface area contributed by atoms with Crippen molar-refractivity contribution in [2.45, 2.75) is 13.3 Å². The number of carboxylic acids is 1. The number of para-hydroxylation sites is 1. The molecule has 0 amide bonds. The Hall–Kier alpha value is -3.92. The number of aromatic nitrogens is 2. The highest BCUT2D eigenvalue weighted by atomic mass is 16.4. The molecule has 27 heavy (non-hydrogen) atoms. The number of carboxylic acid groups (broad SMARTS) is 1. The second-order valence-corrected chi connectivity index (χ2v) is 5.71. The summed E-state index contributed by atoms with van der Waals surface area (Å²) in [7, 11) is 0. The van der Waals surface area contributed by atoms with Gasteiger partial charge in [0.15, 0.2) is 5.69 Å². The number of nitrogens with one attached hydrogen (secondary N) is 1. The highest BCUT2D eigenvalue weighted by Gasteiger charge is 2.14. The standard InChI is InChI=1S/C20H16N4O3/c1-3-17-16(19(25)24(23-17)14-7-5-4-6-8-14)12-22-18-11-13(21-2)9-10-15(18)20(26)27/h4-12,23H,3H2,1H3,(H,26,27). The van der Waals surface area contributed by atoms with Crippen LogP contribution in [0.25, 0.3) is 10.5 Å². The maximum absolute atomic E-state index is 12.8. The number of benzene rings is 2. The normalized spacial score (nSPS) is 10.8. The number of H-pyrrole nitrogens is 1. The third kappa shape index (κ3) is 3.55. The van der Waals surface area contributed by atoms with Crippen LogP contribution in [0.1, 0.15) is 28.5 Å². The zero-order valence-electron chi connectivity index (χ0n) is 14.5. The summed E-state index contributed by atoms with van der Waals surface area (Å²) in [4.78, 5) is 31.7. The van der Waals surface area contributed by atoms with Crippen LogP contribution in [-0.2, 0) is 6.42 Å². The summed E-state index contributed by atoms with van der Waals surface area (Å²) < 4.78 is 1.42. The lowest BCUT2D eigenvalue weighted by atomic mass is 10.1. The highest BCUT2D eigenvalue weighted by molar-refractivity contribution is 5.96. The van der Waals surface area contributed by atoms with Gasteiger partial charge in [0.2, 0.25) is 0 Å². The van der Waals surface area contributed by atoms with E-state index in [1.165, 1.54) is 29.1 Å². The monoisotopic (exact) mass is 360 g/mol. The molecule has 0 saturated carbocycles. The van der Waals surface area contributed by atoms with Crippen LogP contribution in [0.5, 0.6) is 0 Å². The number of aromatic carboxylic acids is 1. The molecular weight excluding hydrogens is 344 g/mol. The lowest BCUT2D eigenvalue weighted by Crippen LogP contribution is -2.17. The number of hydrogen-bond acceptors (Lipinski definition) is 3. The Morgan fingerprint density at radius 1 is 1.30 bits per heavy atom. The van der Waals surface area contributed by atoms with Crippen LogP contribution in [0.4, 0.5) is 11.4 Å². The van der Waals surface area contributed by atoms with Crippen molar-refractivity contribution in [1.82, 2.24) is 9.78 Å². The fourth-order valence-electron chi connectivity index (χ4n) is 2.67. The molecule has 0 aliphatic rings. The van der Waals surface area contributed by atoms with Gasteiger partial charge < -0.3 is 5.11 Å². The van der Waals surface area contributed by atoms with Crippen LogP contribution >= 0.6 is 0 Å². The van der Waals surface area contributed by atoms with Gasteiger partial charge in [0.1, 0.15) is 0 Å². The molecule has 1 aromatic heterocycles. The summed E-state index contributed by atoms with van der Waals surface area (Å²) in [5.41, 5.74) is 1.83. The Labute approximate surface area is 155 Å². The summed E-state index contributed by atoms with van der Waals surface area (Å²) >= 11 is 0. The van der Waals surface area contributed by atoms with Crippen molar-refractivity contribution in [3.05, 3.63) is 87.1 Å². The van der Waals surface area contributed by atoms with Gasteiger partial charge in [-0.25, -0.2) is 14.3 Å². The van der Waals surface area contributed by atoms with Gasteiger partial charge >= 0.3 is 5.97 Å². The molecule has 134 valence electrons. The van der Waals surface area contributed by atoms with E-state index in [4.69, 9.17) is 6.57 Å². The first-order chi connectivity index (χ1) is 13.0. The molecule has 0 aliphatic heterocycles. The minimum Gasteiger partial charge on any atom is -0.478 e. The Kier molecular flexibility index (Phi) is 4.99. The van der Waals surface area contributed by atoms with Gasteiger partial charge in [-0.05, 0) is 24.6 Å². The van der Waals surface area contributed by atoms with Crippen molar-refractivity contribution < 1.29 is 9.90 Å². The van der Waals surface area contributed by atoms with Gasteiger partial charge in [0.25, 0.3) is 5.56 Å². The summed E-state index contributed by atoms with van der Waals surface area (Å²) in [5, 5.41) is 12.4. The van der Waals surface area contributed by atoms with Crippen LogP contribution in [0.2, 0.25) is 0 Å². The molecule has 3 aromatic rings. The second-order valence-electron chi connectivity index (χ2n) is 5.71. The van der Waals surface area contributed by atoms with Crippen LogP contribution < -0.4 is 5.56 Å². The Morgan fingerprint density at radius 3 is 2.67 bits per heavy atom. The number of carbonyl (C=O) groups is 1. The minimum atomic E-state index is -1.15. The Morgan fingerprint density at radius 2 is 2.04 bits per heavy atom. The maximum Gasteiger partial charge on any atom is 0.337 e. The first kappa shape index (κ1) is 17.9. The quantitative estimate of drug-likeness (QED) is 0.536. The molecule has 0 radical (unpaired) electrons. The number of aromatic amines is 1. The second kappa shape index (κ2) is 7.54. The largest absolute Gasteiger partial charge is 0.478 e. The average molecular weight is 360 g/mol. The van der Waals surface area contributed by atoms with Crippen molar-refractivity contribution in [2.75, 3.05) is 0 Å². The molecule has 7 nitrogen and oxygen atoms in total. The third-order valence-electron chi connectivity index (χ3n) is 4.05. The van der Waals surface area contributed by atoms with E-state index in [1.54, 1.807) is 12.1 Å². The lowest BCUT2D eigenvalue weighted by molar-refractivity contribution is 0.0698. The third-order valence-corrected chi connectivity index (χ3v) is 4.05.